The zero-order valence-corrected chi connectivity index (χ0v) is 18.1. The highest BCUT2D eigenvalue weighted by Crippen LogP contribution is 2.18. The number of hydrogen-bond donors (Lipinski definition) is 0. The van der Waals surface area contributed by atoms with E-state index in [2.05, 4.69) is 20.8 Å². The lowest BCUT2D eigenvalue weighted by Gasteiger charge is -2.25. The third-order valence-electron chi connectivity index (χ3n) is 4.28. The van der Waals surface area contributed by atoms with E-state index in [0.717, 1.165) is 18.4 Å². The second-order valence-electron chi connectivity index (χ2n) is 7.41. The van der Waals surface area contributed by atoms with Crippen molar-refractivity contribution < 1.29 is 17.4 Å². The van der Waals surface area contributed by atoms with Gasteiger partial charge in [0.25, 0.3) is 0 Å². The molecule has 6 heteroatoms. The van der Waals surface area contributed by atoms with Gasteiger partial charge in [0.05, 0.1) is 5.75 Å². The lowest BCUT2D eigenvalue weighted by molar-refractivity contribution is -0.132. The van der Waals surface area contributed by atoms with Crippen molar-refractivity contribution in [2.75, 3.05) is 12.3 Å². The maximum atomic E-state index is 12.7. The van der Waals surface area contributed by atoms with Crippen molar-refractivity contribution in [3.05, 3.63) is 29.8 Å². The summed E-state index contributed by atoms with van der Waals surface area (Å²) in [5.74, 6) is 0.750. The molecule has 1 aromatic carbocycles. The fourth-order valence-electron chi connectivity index (χ4n) is 2.85. The first-order valence-electron chi connectivity index (χ1n) is 10.1. The fourth-order valence-corrected chi connectivity index (χ4v) is 3.37. The molecule has 0 atom stereocenters. The average Bonchev–Trinajstić information content (AvgIpc) is 2.60. The lowest BCUT2D eigenvalue weighted by Crippen LogP contribution is -2.33. The molecule has 154 valence electrons. The minimum Gasteiger partial charge on any atom is -0.382 e. The van der Waals surface area contributed by atoms with Crippen LogP contribution in [0, 0.1) is 5.92 Å². The normalized spacial score (nSPS) is 11.6. The van der Waals surface area contributed by atoms with Crippen molar-refractivity contribution in [2.24, 2.45) is 5.92 Å². The minimum absolute atomic E-state index is 0.0762. The molecule has 0 aliphatic rings. The number of carbonyl (C=O) groups excluding carboxylic acids is 1. The highest BCUT2D eigenvalue weighted by Gasteiger charge is 2.16. The van der Waals surface area contributed by atoms with Gasteiger partial charge < -0.3 is 9.08 Å². The summed E-state index contributed by atoms with van der Waals surface area (Å²) in [6, 6.07) is 6.99. The number of unbranched alkanes of at least 4 members (excludes halogenated alkanes) is 4. The Kier molecular flexibility index (Phi) is 10.4. The Bertz CT molecular complexity index is 671. The standard InChI is InChI=1S/C21H35NO4S/c1-5-7-8-9-10-14-21(23)22(16-18(3)4)17-19-12-11-13-20(15-19)26-27(24,25)6-2/h11-13,15,18H,5-10,14,16-17H2,1-4H3. The molecule has 1 amide bonds. The maximum Gasteiger partial charge on any atom is 0.308 e. The molecule has 27 heavy (non-hydrogen) atoms. The number of amides is 1. The summed E-state index contributed by atoms with van der Waals surface area (Å²) < 4.78 is 28.4. The molecule has 0 spiro atoms. The Hall–Kier alpha value is -1.56. The smallest absolute Gasteiger partial charge is 0.308 e. The third kappa shape index (κ3) is 9.80. The molecule has 0 heterocycles. The SMILES string of the molecule is CCCCCCCC(=O)N(Cc1cccc(OS(=O)(=O)CC)c1)CC(C)C. The van der Waals surface area contributed by atoms with E-state index < -0.39 is 10.1 Å². The van der Waals surface area contributed by atoms with Crippen molar-refractivity contribution in [3.8, 4) is 5.75 Å². The molecule has 0 fully saturated rings. The Morgan fingerprint density at radius 1 is 1.11 bits per heavy atom. The van der Waals surface area contributed by atoms with Gasteiger partial charge in [0.2, 0.25) is 5.91 Å². The van der Waals surface area contributed by atoms with E-state index in [0.29, 0.717) is 31.2 Å². The van der Waals surface area contributed by atoms with E-state index >= 15 is 0 Å². The van der Waals surface area contributed by atoms with Crippen molar-refractivity contribution in [2.45, 2.75) is 72.8 Å². The van der Waals surface area contributed by atoms with Crippen LogP contribution >= 0.6 is 0 Å². The molecule has 1 rings (SSSR count). The topological polar surface area (TPSA) is 63.7 Å². The van der Waals surface area contributed by atoms with Gasteiger partial charge in [-0.2, -0.15) is 8.42 Å². The summed E-state index contributed by atoms with van der Waals surface area (Å²) in [5.41, 5.74) is 0.874. The molecule has 0 bridgehead atoms. The van der Waals surface area contributed by atoms with E-state index in [4.69, 9.17) is 4.18 Å². The van der Waals surface area contributed by atoms with Crippen LogP contribution in [0.15, 0.2) is 24.3 Å². The quantitative estimate of drug-likeness (QED) is 0.356. The molecular formula is C21H35NO4S. The van der Waals surface area contributed by atoms with E-state index in [1.165, 1.54) is 19.3 Å². The summed E-state index contributed by atoms with van der Waals surface area (Å²) in [4.78, 5) is 14.5. The fraction of sp³-hybridized carbons (Fsp3) is 0.667. The summed E-state index contributed by atoms with van der Waals surface area (Å²) in [6.45, 7) is 9.06. The second-order valence-corrected chi connectivity index (χ2v) is 9.27. The minimum atomic E-state index is -3.55. The first kappa shape index (κ1) is 23.5. The van der Waals surface area contributed by atoms with Gasteiger partial charge in [-0.15, -0.1) is 0 Å². The molecule has 1 aromatic rings. The Morgan fingerprint density at radius 3 is 2.44 bits per heavy atom. The van der Waals surface area contributed by atoms with Crippen LogP contribution in [0.1, 0.15) is 71.8 Å². The predicted octanol–water partition coefficient (Wildman–Crippen LogP) is 4.76. The molecule has 0 aliphatic carbocycles. The molecule has 5 nitrogen and oxygen atoms in total. The molecule has 0 N–H and O–H groups in total. The van der Waals surface area contributed by atoms with Crippen molar-refractivity contribution >= 4 is 16.0 Å². The van der Waals surface area contributed by atoms with Gasteiger partial charge in [-0.1, -0.05) is 58.6 Å². The van der Waals surface area contributed by atoms with Crippen LogP contribution < -0.4 is 4.18 Å². The summed E-state index contributed by atoms with van der Waals surface area (Å²) >= 11 is 0. The largest absolute Gasteiger partial charge is 0.382 e. The predicted molar refractivity (Wildman–Crippen MR) is 110 cm³/mol. The van der Waals surface area contributed by atoms with Gasteiger partial charge in [0.1, 0.15) is 5.75 Å². The zero-order chi connectivity index (χ0) is 20.3. The van der Waals surface area contributed by atoms with Crippen LogP contribution in [-0.4, -0.2) is 31.5 Å². The van der Waals surface area contributed by atoms with Crippen LogP contribution in [0.2, 0.25) is 0 Å². The number of rotatable bonds is 13. The molecule has 0 saturated carbocycles. The molecule has 0 unspecified atom stereocenters. The van der Waals surface area contributed by atoms with Crippen molar-refractivity contribution in [3.63, 3.8) is 0 Å². The lowest BCUT2D eigenvalue weighted by atomic mass is 10.1. The first-order valence-corrected chi connectivity index (χ1v) is 11.6. The second kappa shape index (κ2) is 12.0. The number of nitrogens with zero attached hydrogens (tertiary/aromatic N) is 1. The molecule has 0 saturated heterocycles. The average molecular weight is 398 g/mol. The Balaban J connectivity index is 2.74. The molecule has 0 radical (unpaired) electrons. The highest BCUT2D eigenvalue weighted by atomic mass is 32.2. The van der Waals surface area contributed by atoms with Crippen LogP contribution in [0.3, 0.4) is 0 Å². The van der Waals surface area contributed by atoms with Gasteiger partial charge in [-0.05, 0) is 37.0 Å². The van der Waals surface area contributed by atoms with Crippen LogP contribution in [0.4, 0.5) is 0 Å². The Morgan fingerprint density at radius 2 is 1.81 bits per heavy atom. The monoisotopic (exact) mass is 397 g/mol. The summed E-state index contributed by atoms with van der Waals surface area (Å²) in [6.07, 6.45) is 6.17. The Labute approximate surface area is 165 Å². The molecular weight excluding hydrogens is 362 g/mol. The van der Waals surface area contributed by atoms with E-state index in [1.807, 2.05) is 11.0 Å². The summed E-state index contributed by atoms with van der Waals surface area (Å²) in [7, 11) is -3.55. The van der Waals surface area contributed by atoms with E-state index in [-0.39, 0.29) is 11.7 Å². The maximum absolute atomic E-state index is 12.7. The van der Waals surface area contributed by atoms with Gasteiger partial charge in [-0.25, -0.2) is 0 Å². The van der Waals surface area contributed by atoms with Gasteiger partial charge in [-0.3, -0.25) is 4.79 Å². The number of carbonyl (C=O) groups is 1. The molecule has 0 aliphatic heterocycles. The van der Waals surface area contributed by atoms with Crippen molar-refractivity contribution in [1.29, 1.82) is 0 Å². The number of hydrogen-bond acceptors (Lipinski definition) is 4. The van der Waals surface area contributed by atoms with Gasteiger partial charge in [0, 0.05) is 19.5 Å². The number of benzene rings is 1. The van der Waals surface area contributed by atoms with Crippen LogP contribution in [0.25, 0.3) is 0 Å². The van der Waals surface area contributed by atoms with Crippen LogP contribution in [-0.2, 0) is 21.5 Å². The third-order valence-corrected chi connectivity index (χ3v) is 5.43. The van der Waals surface area contributed by atoms with Gasteiger partial charge in [0.15, 0.2) is 0 Å². The first-order chi connectivity index (χ1) is 12.8. The highest BCUT2D eigenvalue weighted by molar-refractivity contribution is 7.87. The van der Waals surface area contributed by atoms with E-state index in [1.54, 1.807) is 25.1 Å². The molecule has 0 aromatic heterocycles. The van der Waals surface area contributed by atoms with Crippen molar-refractivity contribution in [1.82, 2.24) is 4.90 Å². The van der Waals surface area contributed by atoms with E-state index in [9.17, 15) is 13.2 Å². The summed E-state index contributed by atoms with van der Waals surface area (Å²) in [5, 5.41) is 0. The van der Waals surface area contributed by atoms with Crippen LogP contribution in [0.5, 0.6) is 5.75 Å². The zero-order valence-electron chi connectivity index (χ0n) is 17.2. The van der Waals surface area contributed by atoms with Gasteiger partial charge >= 0.3 is 10.1 Å².